The monoisotopic (exact) mass is 349 g/mol. The highest BCUT2D eigenvalue weighted by Crippen LogP contribution is 2.16. The number of amides is 1. The Morgan fingerprint density at radius 2 is 1.81 bits per heavy atom. The Bertz CT molecular complexity index is 839. The number of rotatable bonds is 7. The van der Waals surface area contributed by atoms with Gasteiger partial charge in [-0.05, 0) is 24.1 Å². The molecule has 2 N–H and O–H groups in total. The highest BCUT2D eigenvalue weighted by atomic mass is 16.5. The summed E-state index contributed by atoms with van der Waals surface area (Å²) in [5.41, 5.74) is 1.77. The molecule has 0 unspecified atom stereocenters. The third-order valence-electron chi connectivity index (χ3n) is 3.61. The Morgan fingerprint density at radius 1 is 1.12 bits per heavy atom. The van der Waals surface area contributed by atoms with Crippen molar-refractivity contribution in [3.8, 4) is 6.07 Å². The zero-order valence-corrected chi connectivity index (χ0v) is 14.4. The fourth-order valence-corrected chi connectivity index (χ4v) is 2.26. The SMILES string of the molecule is COC(=O)c1ccccc1N/C=C(\C#N)C(=O)NCCc1ccccc1. The van der Waals surface area contributed by atoms with Crippen LogP contribution in [0.2, 0.25) is 0 Å². The number of nitrogens with one attached hydrogen (secondary N) is 2. The predicted octanol–water partition coefficient (Wildman–Crippen LogP) is 2.65. The van der Waals surface area contributed by atoms with Gasteiger partial charge in [0.1, 0.15) is 11.6 Å². The summed E-state index contributed by atoms with van der Waals surface area (Å²) in [5, 5.41) is 14.7. The van der Waals surface area contributed by atoms with Gasteiger partial charge in [-0.25, -0.2) is 4.79 Å². The molecule has 0 saturated carbocycles. The van der Waals surface area contributed by atoms with E-state index in [1.54, 1.807) is 24.3 Å². The van der Waals surface area contributed by atoms with Crippen LogP contribution in [0, 0.1) is 11.3 Å². The highest BCUT2D eigenvalue weighted by Gasteiger charge is 2.12. The van der Waals surface area contributed by atoms with E-state index in [1.807, 2.05) is 36.4 Å². The smallest absolute Gasteiger partial charge is 0.339 e. The fourth-order valence-electron chi connectivity index (χ4n) is 2.26. The zero-order chi connectivity index (χ0) is 18.8. The first-order chi connectivity index (χ1) is 12.7. The van der Waals surface area contributed by atoms with Crippen molar-refractivity contribution in [3.05, 3.63) is 77.5 Å². The molecule has 0 bridgehead atoms. The lowest BCUT2D eigenvalue weighted by atomic mass is 10.1. The highest BCUT2D eigenvalue weighted by molar-refractivity contribution is 5.98. The molecule has 0 aliphatic carbocycles. The van der Waals surface area contributed by atoms with Crippen LogP contribution >= 0.6 is 0 Å². The molecule has 2 rings (SSSR count). The summed E-state index contributed by atoms with van der Waals surface area (Å²) >= 11 is 0. The predicted molar refractivity (Wildman–Crippen MR) is 98.3 cm³/mol. The van der Waals surface area contributed by atoms with Gasteiger partial charge in [0.2, 0.25) is 0 Å². The molecule has 0 atom stereocenters. The molecule has 0 aromatic heterocycles. The fraction of sp³-hybridized carbons (Fsp3) is 0.150. The van der Waals surface area contributed by atoms with Gasteiger partial charge in [-0.2, -0.15) is 5.26 Å². The van der Waals surface area contributed by atoms with Crippen molar-refractivity contribution < 1.29 is 14.3 Å². The van der Waals surface area contributed by atoms with E-state index >= 15 is 0 Å². The summed E-state index contributed by atoms with van der Waals surface area (Å²) < 4.78 is 4.71. The molecule has 0 heterocycles. The van der Waals surface area contributed by atoms with Gasteiger partial charge in [0.05, 0.1) is 18.4 Å². The number of ether oxygens (including phenoxy) is 1. The van der Waals surface area contributed by atoms with Gasteiger partial charge in [-0.15, -0.1) is 0 Å². The largest absolute Gasteiger partial charge is 0.465 e. The van der Waals surface area contributed by atoms with E-state index in [-0.39, 0.29) is 5.57 Å². The summed E-state index contributed by atoms with van der Waals surface area (Å²) in [6.07, 6.45) is 1.95. The lowest BCUT2D eigenvalue weighted by molar-refractivity contribution is -0.117. The van der Waals surface area contributed by atoms with Gasteiger partial charge in [0.25, 0.3) is 5.91 Å². The standard InChI is InChI=1S/C20H19N3O3/c1-26-20(25)17-9-5-6-10-18(17)23-14-16(13-21)19(24)22-12-11-15-7-3-2-4-8-15/h2-10,14,23H,11-12H2,1H3,(H,22,24)/b16-14+. The summed E-state index contributed by atoms with van der Waals surface area (Å²) in [6.45, 7) is 0.417. The number of carbonyl (C=O) groups is 2. The number of para-hydroxylation sites is 1. The Kier molecular flexibility index (Phi) is 6.95. The van der Waals surface area contributed by atoms with E-state index < -0.39 is 11.9 Å². The second-order valence-corrected chi connectivity index (χ2v) is 5.34. The molecule has 0 aliphatic rings. The van der Waals surface area contributed by atoms with E-state index in [0.29, 0.717) is 24.2 Å². The lowest BCUT2D eigenvalue weighted by Gasteiger charge is -2.08. The Morgan fingerprint density at radius 3 is 2.50 bits per heavy atom. The minimum Gasteiger partial charge on any atom is -0.465 e. The second kappa shape index (κ2) is 9.64. The Labute approximate surface area is 152 Å². The van der Waals surface area contributed by atoms with E-state index in [2.05, 4.69) is 10.6 Å². The molecule has 2 aromatic rings. The average molecular weight is 349 g/mol. The molecule has 0 spiro atoms. The number of anilines is 1. The van der Waals surface area contributed by atoms with Crippen LogP contribution in [0.15, 0.2) is 66.4 Å². The first kappa shape index (κ1) is 18.7. The summed E-state index contributed by atoms with van der Waals surface area (Å²) in [5.74, 6) is -0.987. The maximum absolute atomic E-state index is 12.1. The summed E-state index contributed by atoms with van der Waals surface area (Å²) in [7, 11) is 1.29. The zero-order valence-electron chi connectivity index (χ0n) is 14.4. The maximum atomic E-state index is 12.1. The molecule has 2 aromatic carbocycles. The minimum absolute atomic E-state index is 0.0854. The number of hydrogen-bond acceptors (Lipinski definition) is 5. The van der Waals surface area contributed by atoms with Gasteiger partial charge >= 0.3 is 5.97 Å². The van der Waals surface area contributed by atoms with Crippen LogP contribution in [-0.4, -0.2) is 25.5 Å². The molecule has 0 radical (unpaired) electrons. The van der Waals surface area contributed by atoms with Crippen molar-refractivity contribution in [1.29, 1.82) is 5.26 Å². The van der Waals surface area contributed by atoms with Crippen molar-refractivity contribution in [1.82, 2.24) is 5.32 Å². The molecule has 1 amide bonds. The molecule has 0 aliphatic heterocycles. The van der Waals surface area contributed by atoms with Gasteiger partial charge in [-0.1, -0.05) is 42.5 Å². The van der Waals surface area contributed by atoms with Crippen LogP contribution in [0.25, 0.3) is 0 Å². The molecule has 132 valence electrons. The maximum Gasteiger partial charge on any atom is 0.339 e. The number of methoxy groups -OCH3 is 1. The van der Waals surface area contributed by atoms with E-state index in [9.17, 15) is 14.9 Å². The van der Waals surface area contributed by atoms with Crippen molar-refractivity contribution >= 4 is 17.6 Å². The molecule has 6 nitrogen and oxygen atoms in total. The number of esters is 1. The molecule has 0 saturated heterocycles. The van der Waals surface area contributed by atoms with Crippen LogP contribution in [0.5, 0.6) is 0 Å². The van der Waals surface area contributed by atoms with E-state index in [0.717, 1.165) is 5.56 Å². The molecule has 26 heavy (non-hydrogen) atoms. The van der Waals surface area contributed by atoms with Crippen LogP contribution in [0.3, 0.4) is 0 Å². The molecule has 0 fully saturated rings. The van der Waals surface area contributed by atoms with Crippen LogP contribution in [-0.2, 0) is 16.0 Å². The average Bonchev–Trinajstić information content (AvgIpc) is 2.69. The van der Waals surface area contributed by atoms with Gasteiger partial charge in [0.15, 0.2) is 0 Å². The Hall–Kier alpha value is -3.59. The van der Waals surface area contributed by atoms with Crippen LogP contribution in [0.4, 0.5) is 5.69 Å². The van der Waals surface area contributed by atoms with Crippen molar-refractivity contribution in [2.75, 3.05) is 19.0 Å². The van der Waals surface area contributed by atoms with Crippen molar-refractivity contribution in [2.24, 2.45) is 0 Å². The van der Waals surface area contributed by atoms with Gasteiger partial charge < -0.3 is 15.4 Å². The molecule has 6 heteroatoms. The van der Waals surface area contributed by atoms with Gasteiger partial charge in [-0.3, -0.25) is 4.79 Å². The van der Waals surface area contributed by atoms with Crippen molar-refractivity contribution in [2.45, 2.75) is 6.42 Å². The quantitative estimate of drug-likeness (QED) is 0.455. The summed E-state index contributed by atoms with van der Waals surface area (Å²) in [4.78, 5) is 23.9. The normalized spacial score (nSPS) is 10.5. The van der Waals surface area contributed by atoms with Crippen LogP contribution in [0.1, 0.15) is 15.9 Å². The first-order valence-electron chi connectivity index (χ1n) is 8.02. The number of carbonyl (C=O) groups excluding carboxylic acids is 2. The third kappa shape index (κ3) is 5.21. The minimum atomic E-state index is -0.507. The first-order valence-corrected chi connectivity index (χ1v) is 8.02. The number of benzene rings is 2. The van der Waals surface area contributed by atoms with Crippen LogP contribution < -0.4 is 10.6 Å². The summed E-state index contributed by atoms with van der Waals surface area (Å²) in [6, 6.07) is 18.3. The number of hydrogen-bond donors (Lipinski definition) is 2. The van der Waals surface area contributed by atoms with E-state index in [1.165, 1.54) is 13.3 Å². The van der Waals surface area contributed by atoms with E-state index in [4.69, 9.17) is 4.74 Å². The van der Waals surface area contributed by atoms with Gasteiger partial charge in [0, 0.05) is 12.7 Å². The third-order valence-corrected chi connectivity index (χ3v) is 3.61. The Balaban J connectivity index is 1.98. The lowest BCUT2D eigenvalue weighted by Crippen LogP contribution is -2.27. The number of nitrogens with zero attached hydrogens (tertiary/aromatic N) is 1. The molecular formula is C20H19N3O3. The topological polar surface area (TPSA) is 91.2 Å². The number of nitriles is 1. The molecular weight excluding hydrogens is 330 g/mol. The van der Waals surface area contributed by atoms with Crippen molar-refractivity contribution in [3.63, 3.8) is 0 Å². The second-order valence-electron chi connectivity index (χ2n) is 5.34.